The fourth-order valence-electron chi connectivity index (χ4n) is 2.17. The third-order valence-corrected chi connectivity index (χ3v) is 3.61. The highest BCUT2D eigenvalue weighted by Crippen LogP contribution is 2.21. The summed E-state index contributed by atoms with van der Waals surface area (Å²) in [5, 5.41) is 6.66. The van der Waals surface area contributed by atoms with Gasteiger partial charge in [-0.1, -0.05) is 32.9 Å². The van der Waals surface area contributed by atoms with Gasteiger partial charge < -0.3 is 16.4 Å². The number of hydrogen-bond donors (Lipinski definition) is 3. The lowest BCUT2D eigenvalue weighted by atomic mass is 9.89. The minimum absolute atomic E-state index is 0.335. The molecule has 5 nitrogen and oxygen atoms in total. The molecule has 1 unspecified atom stereocenters. The van der Waals surface area contributed by atoms with Crippen molar-refractivity contribution in [1.82, 2.24) is 10.6 Å². The van der Waals surface area contributed by atoms with Crippen molar-refractivity contribution >= 4 is 11.9 Å². The molecule has 1 atom stereocenters. The smallest absolute Gasteiger partial charge is 0.248 e. The number of aliphatic imine (C=N–C) groups is 1. The lowest BCUT2D eigenvalue weighted by Gasteiger charge is -2.23. The molecule has 0 bridgehead atoms. The van der Waals surface area contributed by atoms with Crippen molar-refractivity contribution in [2.45, 2.75) is 53.1 Å². The molecule has 0 fully saturated rings. The zero-order valence-corrected chi connectivity index (χ0v) is 14.9. The number of amides is 1. The van der Waals surface area contributed by atoms with E-state index in [0.717, 1.165) is 24.4 Å². The largest absolute Gasteiger partial charge is 0.366 e. The van der Waals surface area contributed by atoms with E-state index in [2.05, 4.69) is 43.3 Å². The van der Waals surface area contributed by atoms with E-state index in [9.17, 15) is 4.79 Å². The molecule has 0 spiro atoms. The highest BCUT2D eigenvalue weighted by Gasteiger charge is 2.13. The highest BCUT2D eigenvalue weighted by molar-refractivity contribution is 5.92. The van der Waals surface area contributed by atoms with Crippen molar-refractivity contribution in [2.75, 3.05) is 7.05 Å². The van der Waals surface area contributed by atoms with Crippen LogP contribution in [0, 0.1) is 5.41 Å². The molecule has 1 rings (SSSR count). The SMILES string of the molecule is CN=C(NCc1cccc(C(N)=O)c1)NC(C)CCC(C)(C)C. The number of hydrogen-bond acceptors (Lipinski definition) is 2. The van der Waals surface area contributed by atoms with Crippen LogP contribution in [-0.2, 0) is 6.54 Å². The summed E-state index contributed by atoms with van der Waals surface area (Å²) in [7, 11) is 1.76. The number of nitrogens with zero attached hydrogens (tertiary/aromatic N) is 1. The van der Waals surface area contributed by atoms with Gasteiger partial charge >= 0.3 is 0 Å². The molecule has 0 heterocycles. The third kappa shape index (κ3) is 7.68. The Balaban J connectivity index is 2.51. The first-order chi connectivity index (χ1) is 10.7. The van der Waals surface area contributed by atoms with Crippen LogP contribution in [0.25, 0.3) is 0 Å². The molecule has 0 aliphatic heterocycles. The Labute approximate surface area is 139 Å². The van der Waals surface area contributed by atoms with Gasteiger partial charge in [0.2, 0.25) is 5.91 Å². The quantitative estimate of drug-likeness (QED) is 0.557. The molecule has 1 amide bonds. The summed E-state index contributed by atoms with van der Waals surface area (Å²) in [4.78, 5) is 15.5. The van der Waals surface area contributed by atoms with Gasteiger partial charge in [0, 0.05) is 25.2 Å². The number of rotatable bonds is 6. The van der Waals surface area contributed by atoms with Crippen LogP contribution in [0.1, 0.15) is 56.5 Å². The summed E-state index contributed by atoms with van der Waals surface area (Å²) < 4.78 is 0. The third-order valence-electron chi connectivity index (χ3n) is 3.61. The predicted molar refractivity (Wildman–Crippen MR) is 96.4 cm³/mol. The molecule has 128 valence electrons. The van der Waals surface area contributed by atoms with Gasteiger partial charge in [0.1, 0.15) is 0 Å². The van der Waals surface area contributed by atoms with E-state index in [1.165, 1.54) is 0 Å². The lowest BCUT2D eigenvalue weighted by Crippen LogP contribution is -2.42. The van der Waals surface area contributed by atoms with Crippen LogP contribution in [0.5, 0.6) is 0 Å². The van der Waals surface area contributed by atoms with E-state index in [1.807, 2.05) is 12.1 Å². The van der Waals surface area contributed by atoms with E-state index in [0.29, 0.717) is 23.6 Å². The first kappa shape index (κ1) is 19.0. The van der Waals surface area contributed by atoms with Crippen LogP contribution in [0.3, 0.4) is 0 Å². The van der Waals surface area contributed by atoms with E-state index in [1.54, 1.807) is 19.2 Å². The van der Waals surface area contributed by atoms with E-state index in [4.69, 9.17) is 5.73 Å². The van der Waals surface area contributed by atoms with Crippen molar-refractivity contribution in [2.24, 2.45) is 16.1 Å². The molecule has 1 aromatic rings. The number of nitrogens with one attached hydrogen (secondary N) is 2. The molecule has 0 aromatic heterocycles. The first-order valence-corrected chi connectivity index (χ1v) is 8.07. The summed E-state index contributed by atoms with van der Waals surface area (Å²) >= 11 is 0. The average Bonchev–Trinajstić information content (AvgIpc) is 2.49. The molecular weight excluding hydrogens is 288 g/mol. The Kier molecular flexibility index (Phi) is 7.07. The molecule has 0 saturated heterocycles. The van der Waals surface area contributed by atoms with Gasteiger partial charge in [0.15, 0.2) is 5.96 Å². The zero-order chi connectivity index (χ0) is 17.5. The minimum atomic E-state index is -0.412. The number of primary amides is 1. The number of nitrogens with two attached hydrogens (primary N) is 1. The van der Waals surface area contributed by atoms with Gasteiger partial charge in [-0.15, -0.1) is 0 Å². The molecule has 0 aliphatic rings. The maximum absolute atomic E-state index is 11.2. The first-order valence-electron chi connectivity index (χ1n) is 8.07. The fourth-order valence-corrected chi connectivity index (χ4v) is 2.17. The van der Waals surface area contributed by atoms with Crippen molar-refractivity contribution in [3.8, 4) is 0 Å². The Morgan fingerprint density at radius 2 is 2.04 bits per heavy atom. The Hall–Kier alpha value is -2.04. The van der Waals surface area contributed by atoms with Gasteiger partial charge in [0.25, 0.3) is 0 Å². The Bertz CT molecular complexity index is 546. The summed E-state index contributed by atoms with van der Waals surface area (Å²) in [6.45, 7) is 9.49. The standard InChI is InChI=1S/C18H30N4O/c1-13(9-10-18(2,3)4)22-17(20-5)21-12-14-7-6-8-15(11-14)16(19)23/h6-8,11,13H,9-10,12H2,1-5H3,(H2,19,23)(H2,20,21,22). The molecule has 0 aliphatic carbocycles. The molecule has 0 saturated carbocycles. The van der Waals surface area contributed by atoms with Gasteiger partial charge in [-0.3, -0.25) is 9.79 Å². The predicted octanol–water partition coefficient (Wildman–Crippen LogP) is 2.67. The van der Waals surface area contributed by atoms with Gasteiger partial charge in [-0.05, 0) is 42.9 Å². The zero-order valence-electron chi connectivity index (χ0n) is 14.9. The van der Waals surface area contributed by atoms with E-state index in [-0.39, 0.29) is 0 Å². The van der Waals surface area contributed by atoms with E-state index < -0.39 is 5.91 Å². The number of carbonyl (C=O) groups is 1. The number of guanidine groups is 1. The van der Waals surface area contributed by atoms with Gasteiger partial charge in [-0.2, -0.15) is 0 Å². The fraction of sp³-hybridized carbons (Fsp3) is 0.556. The summed E-state index contributed by atoms with van der Waals surface area (Å²) in [6, 6.07) is 7.64. The Morgan fingerprint density at radius 3 is 2.61 bits per heavy atom. The topological polar surface area (TPSA) is 79.5 Å². The van der Waals surface area contributed by atoms with Crippen LogP contribution in [0.2, 0.25) is 0 Å². The van der Waals surface area contributed by atoms with Crippen LogP contribution >= 0.6 is 0 Å². The van der Waals surface area contributed by atoms with E-state index >= 15 is 0 Å². The average molecular weight is 318 g/mol. The molecule has 4 N–H and O–H groups in total. The second kappa shape index (κ2) is 8.56. The van der Waals surface area contributed by atoms with Crippen molar-refractivity contribution < 1.29 is 4.79 Å². The monoisotopic (exact) mass is 318 g/mol. The lowest BCUT2D eigenvalue weighted by molar-refractivity contribution is 0.1000. The van der Waals surface area contributed by atoms with Crippen LogP contribution in [-0.4, -0.2) is 25.0 Å². The molecule has 5 heteroatoms. The summed E-state index contributed by atoms with van der Waals surface area (Å²) in [5.41, 5.74) is 7.15. The minimum Gasteiger partial charge on any atom is -0.366 e. The summed E-state index contributed by atoms with van der Waals surface area (Å²) in [6.07, 6.45) is 2.24. The van der Waals surface area contributed by atoms with Crippen molar-refractivity contribution in [1.29, 1.82) is 0 Å². The molecular formula is C18H30N4O. The molecule has 0 radical (unpaired) electrons. The molecule has 23 heavy (non-hydrogen) atoms. The summed E-state index contributed by atoms with van der Waals surface area (Å²) in [5.74, 6) is 0.348. The van der Waals surface area contributed by atoms with Crippen molar-refractivity contribution in [3.63, 3.8) is 0 Å². The van der Waals surface area contributed by atoms with Crippen LogP contribution in [0.15, 0.2) is 29.3 Å². The highest BCUT2D eigenvalue weighted by atomic mass is 16.1. The maximum atomic E-state index is 11.2. The number of benzene rings is 1. The van der Waals surface area contributed by atoms with Crippen LogP contribution in [0.4, 0.5) is 0 Å². The van der Waals surface area contributed by atoms with Crippen molar-refractivity contribution in [3.05, 3.63) is 35.4 Å². The Morgan fingerprint density at radius 1 is 1.35 bits per heavy atom. The van der Waals surface area contributed by atoms with Gasteiger partial charge in [0.05, 0.1) is 0 Å². The molecule has 1 aromatic carbocycles. The van der Waals surface area contributed by atoms with Gasteiger partial charge in [-0.25, -0.2) is 0 Å². The normalized spacial score (nSPS) is 13.5. The second-order valence-electron chi connectivity index (χ2n) is 7.14. The van der Waals surface area contributed by atoms with Crippen LogP contribution < -0.4 is 16.4 Å². The number of carbonyl (C=O) groups excluding carboxylic acids is 1. The second-order valence-corrected chi connectivity index (χ2v) is 7.14. The maximum Gasteiger partial charge on any atom is 0.248 e.